The Balaban J connectivity index is 1.52. The number of amides is 1. The van der Waals surface area contributed by atoms with Crippen LogP contribution in [0.25, 0.3) is 11.3 Å². The van der Waals surface area contributed by atoms with Gasteiger partial charge in [-0.15, -0.1) is 0 Å². The third-order valence-corrected chi connectivity index (χ3v) is 6.66. The van der Waals surface area contributed by atoms with Gasteiger partial charge in [-0.25, -0.2) is 18.7 Å². The number of nitrogens with zero attached hydrogens (tertiary/aromatic N) is 4. The zero-order valence-corrected chi connectivity index (χ0v) is 20.9. The molecule has 0 aliphatic carbocycles. The lowest BCUT2D eigenvalue weighted by Crippen LogP contribution is -2.39. The molecule has 10 heteroatoms. The first-order chi connectivity index (χ1) is 18.0. The number of aromatic nitrogens is 2. The highest BCUT2D eigenvalue weighted by molar-refractivity contribution is 5.99. The highest BCUT2D eigenvalue weighted by Gasteiger charge is 2.28. The lowest BCUT2D eigenvalue weighted by atomic mass is 10.1. The lowest BCUT2D eigenvalue weighted by molar-refractivity contribution is -0.121. The number of likely N-dealkylation sites (N-methyl/N-ethyl adjacent to an activating group) is 1. The summed E-state index contributed by atoms with van der Waals surface area (Å²) < 4.78 is 39.6. The maximum absolute atomic E-state index is 14.7. The summed E-state index contributed by atoms with van der Waals surface area (Å²) in [4.78, 5) is 25.1. The summed E-state index contributed by atoms with van der Waals surface area (Å²) in [5.74, 6) is -0.258. The zero-order valence-electron chi connectivity index (χ0n) is 20.9. The van der Waals surface area contributed by atoms with E-state index in [0.29, 0.717) is 35.8 Å². The van der Waals surface area contributed by atoms with Gasteiger partial charge >= 0.3 is 0 Å². The number of fused-ring (bicyclic) bond motifs is 1. The highest BCUT2D eigenvalue weighted by atomic mass is 19.1. The lowest BCUT2D eigenvalue weighted by Gasteiger charge is -2.32. The number of carbonyl (C=O) groups excluding carboxylic acids is 1. The fourth-order valence-electron chi connectivity index (χ4n) is 4.89. The predicted octanol–water partition coefficient (Wildman–Crippen LogP) is 4.91. The van der Waals surface area contributed by atoms with Gasteiger partial charge < -0.3 is 19.7 Å². The van der Waals surface area contributed by atoms with E-state index in [0.717, 1.165) is 37.7 Å². The minimum absolute atomic E-state index is 0.00452. The molecule has 194 valence electrons. The number of methoxy groups -OCH3 is 1. The third kappa shape index (κ3) is 5.20. The van der Waals surface area contributed by atoms with Gasteiger partial charge in [0.2, 0.25) is 5.95 Å². The molecular formula is C27H29F2N5O3. The second-order valence-corrected chi connectivity index (χ2v) is 9.11. The van der Waals surface area contributed by atoms with Crippen molar-refractivity contribution in [1.29, 1.82) is 0 Å². The monoisotopic (exact) mass is 509 g/mol. The van der Waals surface area contributed by atoms with E-state index in [-0.39, 0.29) is 29.9 Å². The van der Waals surface area contributed by atoms with E-state index in [2.05, 4.69) is 20.2 Å². The summed E-state index contributed by atoms with van der Waals surface area (Å²) in [5, 5.41) is 3.16. The van der Waals surface area contributed by atoms with E-state index in [1.807, 2.05) is 19.1 Å². The molecule has 2 aromatic carbocycles. The second kappa shape index (κ2) is 10.7. The van der Waals surface area contributed by atoms with Crippen LogP contribution in [0, 0.1) is 11.6 Å². The van der Waals surface area contributed by atoms with Gasteiger partial charge in [0.1, 0.15) is 23.0 Å². The topological polar surface area (TPSA) is 79.8 Å². The maximum Gasteiger partial charge on any atom is 0.265 e. The molecule has 37 heavy (non-hydrogen) atoms. The van der Waals surface area contributed by atoms with Crippen molar-refractivity contribution in [3.05, 3.63) is 53.7 Å². The van der Waals surface area contributed by atoms with E-state index < -0.39 is 11.6 Å². The van der Waals surface area contributed by atoms with Crippen LogP contribution >= 0.6 is 0 Å². The van der Waals surface area contributed by atoms with Crippen LogP contribution < -0.4 is 19.7 Å². The molecule has 0 saturated carbocycles. The summed E-state index contributed by atoms with van der Waals surface area (Å²) in [6.07, 6.45) is 4.60. The quantitative estimate of drug-likeness (QED) is 0.485. The van der Waals surface area contributed by atoms with Crippen molar-refractivity contribution in [2.24, 2.45) is 0 Å². The number of benzene rings is 2. The van der Waals surface area contributed by atoms with Crippen LogP contribution in [-0.4, -0.2) is 54.1 Å². The van der Waals surface area contributed by atoms with E-state index in [4.69, 9.17) is 9.47 Å². The van der Waals surface area contributed by atoms with Crippen molar-refractivity contribution in [1.82, 2.24) is 14.9 Å². The molecule has 1 amide bonds. The van der Waals surface area contributed by atoms with Gasteiger partial charge in [-0.05, 0) is 57.1 Å². The molecule has 0 radical (unpaired) electrons. The van der Waals surface area contributed by atoms with Crippen molar-refractivity contribution < 1.29 is 23.0 Å². The minimum Gasteiger partial charge on any atom is -0.496 e. The van der Waals surface area contributed by atoms with Gasteiger partial charge in [-0.2, -0.15) is 0 Å². The summed E-state index contributed by atoms with van der Waals surface area (Å²) in [7, 11) is 1.39. The van der Waals surface area contributed by atoms with Crippen molar-refractivity contribution in [3.63, 3.8) is 0 Å². The number of likely N-dealkylation sites (tertiary alicyclic amines) is 1. The zero-order chi connectivity index (χ0) is 25.9. The number of carbonyl (C=O) groups is 1. The van der Waals surface area contributed by atoms with Crippen LogP contribution in [0.3, 0.4) is 0 Å². The number of nitrogens with one attached hydrogen (secondary N) is 1. The first kappa shape index (κ1) is 24.9. The van der Waals surface area contributed by atoms with E-state index in [9.17, 15) is 13.6 Å². The molecule has 3 heterocycles. The number of hydrogen-bond acceptors (Lipinski definition) is 7. The normalized spacial score (nSPS) is 15.8. The average Bonchev–Trinajstić information content (AvgIpc) is 2.90. The number of halogens is 2. The van der Waals surface area contributed by atoms with Gasteiger partial charge in [0.25, 0.3) is 5.91 Å². The van der Waals surface area contributed by atoms with Crippen molar-refractivity contribution in [3.8, 4) is 22.8 Å². The highest BCUT2D eigenvalue weighted by Crippen LogP contribution is 2.40. The Morgan fingerprint density at radius 3 is 2.70 bits per heavy atom. The second-order valence-electron chi connectivity index (χ2n) is 9.11. The van der Waals surface area contributed by atoms with Gasteiger partial charge in [0.05, 0.1) is 19.0 Å². The van der Waals surface area contributed by atoms with Crippen molar-refractivity contribution >= 4 is 23.2 Å². The fourth-order valence-corrected chi connectivity index (χ4v) is 4.89. The van der Waals surface area contributed by atoms with Gasteiger partial charge in [-0.3, -0.25) is 9.69 Å². The molecule has 3 aromatic rings. The number of piperidine rings is 1. The van der Waals surface area contributed by atoms with Crippen molar-refractivity contribution in [2.75, 3.05) is 43.6 Å². The fraction of sp³-hybridized carbons (Fsp3) is 0.370. The molecule has 2 aliphatic rings. The molecular weight excluding hydrogens is 480 g/mol. The molecule has 0 atom stereocenters. The number of ether oxygens (including phenoxy) is 2. The number of rotatable bonds is 7. The molecule has 0 bridgehead atoms. The smallest absolute Gasteiger partial charge is 0.265 e. The van der Waals surface area contributed by atoms with Gasteiger partial charge in [0.15, 0.2) is 12.4 Å². The van der Waals surface area contributed by atoms with Crippen molar-refractivity contribution in [2.45, 2.75) is 32.7 Å². The Bertz CT molecular complexity index is 1310. The summed E-state index contributed by atoms with van der Waals surface area (Å²) in [6, 6.07) is 7.60. The van der Waals surface area contributed by atoms with E-state index in [1.54, 1.807) is 4.90 Å². The Morgan fingerprint density at radius 2 is 1.95 bits per heavy atom. The number of hydrogen-bond donors (Lipinski definition) is 1. The Morgan fingerprint density at radius 1 is 1.14 bits per heavy atom. The molecule has 1 fully saturated rings. The molecule has 0 spiro atoms. The third-order valence-electron chi connectivity index (χ3n) is 6.66. The first-order valence-electron chi connectivity index (χ1n) is 12.4. The van der Waals surface area contributed by atoms with Crippen LogP contribution in [-0.2, 0) is 11.3 Å². The van der Waals surface area contributed by atoms with Crippen LogP contribution in [0.1, 0.15) is 31.7 Å². The number of anilines is 3. The predicted molar refractivity (Wildman–Crippen MR) is 136 cm³/mol. The van der Waals surface area contributed by atoms with Gasteiger partial charge in [0, 0.05) is 36.0 Å². The average molecular weight is 510 g/mol. The molecule has 1 N–H and O–H groups in total. The Labute approximate surface area is 214 Å². The molecule has 1 saturated heterocycles. The summed E-state index contributed by atoms with van der Waals surface area (Å²) in [6.45, 7) is 5.13. The largest absolute Gasteiger partial charge is 0.496 e. The Kier molecular flexibility index (Phi) is 7.18. The van der Waals surface area contributed by atoms with Gasteiger partial charge in [-0.1, -0.05) is 6.42 Å². The molecule has 1 aromatic heterocycles. The van der Waals surface area contributed by atoms with Crippen LogP contribution in [0.2, 0.25) is 0 Å². The van der Waals surface area contributed by atoms with E-state index in [1.165, 1.54) is 31.7 Å². The van der Waals surface area contributed by atoms with E-state index >= 15 is 0 Å². The minimum atomic E-state index is -0.664. The standard InChI is InChI=1S/C27H29F2N5O3/c1-3-34-22-13-19(11-17(26(22)37-16-24(34)35)15-33-9-5-4-6-10-33)31-27-30-14-21(29)25(32-27)20-8-7-18(28)12-23(20)36-2/h7-8,11-14H,3-6,9-10,15-16H2,1-2H3,(H,30,31,32). The summed E-state index contributed by atoms with van der Waals surface area (Å²) in [5.41, 5.74) is 2.56. The molecule has 8 nitrogen and oxygen atoms in total. The summed E-state index contributed by atoms with van der Waals surface area (Å²) >= 11 is 0. The maximum atomic E-state index is 14.7. The molecule has 0 unspecified atom stereocenters. The molecule has 2 aliphatic heterocycles. The Hall–Kier alpha value is -3.79. The first-order valence-corrected chi connectivity index (χ1v) is 12.4. The van der Waals surface area contributed by atoms with Crippen LogP contribution in [0.4, 0.5) is 26.1 Å². The SMILES string of the molecule is CCN1C(=O)COc2c(CN3CCCCC3)cc(Nc3ncc(F)c(-c4ccc(F)cc4OC)n3)cc21. The van der Waals surface area contributed by atoms with Crippen LogP contribution in [0.5, 0.6) is 11.5 Å². The molecule has 5 rings (SSSR count). The van der Waals surface area contributed by atoms with Crippen LogP contribution in [0.15, 0.2) is 36.5 Å².